The van der Waals surface area contributed by atoms with E-state index >= 15 is 0 Å². The molecule has 0 aromatic carbocycles. The Labute approximate surface area is 80.7 Å². The Morgan fingerprint density at radius 2 is 2.07 bits per heavy atom. The molecule has 0 saturated heterocycles. The third kappa shape index (κ3) is 1.61. The van der Waals surface area contributed by atoms with Gasteiger partial charge in [0.1, 0.15) is 5.56 Å². The molecule has 1 aromatic heterocycles. The Balaban J connectivity index is 3.36. The van der Waals surface area contributed by atoms with E-state index < -0.39 is 11.4 Å². The van der Waals surface area contributed by atoms with Gasteiger partial charge >= 0.3 is 5.97 Å². The Hall–Kier alpha value is -1.78. The summed E-state index contributed by atoms with van der Waals surface area (Å²) in [6, 6.07) is 0. The van der Waals surface area contributed by atoms with Crippen molar-refractivity contribution in [3.63, 3.8) is 0 Å². The van der Waals surface area contributed by atoms with Gasteiger partial charge in [0.05, 0.1) is 19.9 Å². The minimum atomic E-state index is -0.676. The van der Waals surface area contributed by atoms with E-state index in [0.717, 1.165) is 0 Å². The lowest BCUT2D eigenvalue weighted by Crippen LogP contribution is -2.19. The zero-order valence-corrected chi connectivity index (χ0v) is 8.21. The summed E-state index contributed by atoms with van der Waals surface area (Å²) < 4.78 is 9.30. The Morgan fingerprint density at radius 3 is 2.57 bits per heavy atom. The highest BCUT2D eigenvalue weighted by Crippen LogP contribution is 2.09. The molecule has 1 heterocycles. The number of esters is 1. The number of H-pyrrole nitrogens is 1. The summed E-state index contributed by atoms with van der Waals surface area (Å²) in [6.45, 7) is 1.68. The molecule has 0 amide bonds. The first-order chi connectivity index (χ1) is 6.61. The standard InChI is InChI=1S/C9H11NO4/c1-5-8(13-2)7(11)6(4-10-5)9(12)14-3/h4H,1-3H3,(H,10,11). The molecule has 1 N–H and O–H groups in total. The quantitative estimate of drug-likeness (QED) is 0.700. The van der Waals surface area contributed by atoms with E-state index in [-0.39, 0.29) is 11.3 Å². The Bertz CT molecular complexity index is 408. The molecule has 0 spiro atoms. The zero-order valence-electron chi connectivity index (χ0n) is 8.21. The number of aromatic amines is 1. The number of rotatable bonds is 2. The van der Waals surface area contributed by atoms with Crippen LogP contribution in [0.25, 0.3) is 0 Å². The molecule has 0 atom stereocenters. The van der Waals surface area contributed by atoms with Crippen LogP contribution in [0.3, 0.4) is 0 Å². The van der Waals surface area contributed by atoms with Gasteiger partial charge in [-0.2, -0.15) is 0 Å². The molecule has 0 bridgehead atoms. The van der Waals surface area contributed by atoms with Gasteiger partial charge in [-0.3, -0.25) is 4.79 Å². The molecule has 5 nitrogen and oxygen atoms in total. The maximum absolute atomic E-state index is 11.6. The van der Waals surface area contributed by atoms with Crippen molar-refractivity contribution < 1.29 is 14.3 Å². The summed E-state index contributed by atoms with van der Waals surface area (Å²) in [5.74, 6) is -0.544. The number of aromatic nitrogens is 1. The number of hydrogen-bond acceptors (Lipinski definition) is 4. The van der Waals surface area contributed by atoms with Crippen molar-refractivity contribution >= 4 is 5.97 Å². The van der Waals surface area contributed by atoms with Crippen LogP contribution in [0.5, 0.6) is 5.75 Å². The summed E-state index contributed by atoms with van der Waals surface area (Å²) in [5.41, 5.74) is 0.0516. The molecule has 0 saturated carbocycles. The third-order valence-corrected chi connectivity index (χ3v) is 1.83. The van der Waals surface area contributed by atoms with Gasteiger partial charge in [-0.05, 0) is 6.92 Å². The molecule has 0 radical (unpaired) electrons. The summed E-state index contributed by atoms with van der Waals surface area (Å²) >= 11 is 0. The van der Waals surface area contributed by atoms with E-state index in [2.05, 4.69) is 9.72 Å². The third-order valence-electron chi connectivity index (χ3n) is 1.83. The van der Waals surface area contributed by atoms with Gasteiger partial charge < -0.3 is 14.5 Å². The Morgan fingerprint density at radius 1 is 1.43 bits per heavy atom. The highest BCUT2D eigenvalue weighted by Gasteiger charge is 2.15. The summed E-state index contributed by atoms with van der Waals surface area (Å²) in [5, 5.41) is 0. The SMILES string of the molecule is COC(=O)c1c[nH]c(C)c(OC)c1=O. The van der Waals surface area contributed by atoms with E-state index in [4.69, 9.17) is 4.74 Å². The van der Waals surface area contributed by atoms with Crippen LogP contribution in [-0.4, -0.2) is 25.2 Å². The van der Waals surface area contributed by atoms with Gasteiger partial charge in [0.15, 0.2) is 5.75 Å². The molecule has 0 aliphatic heterocycles. The molecule has 0 unspecified atom stereocenters. The van der Waals surface area contributed by atoms with E-state index in [1.807, 2.05) is 0 Å². The Kier molecular flexibility index (Phi) is 2.91. The van der Waals surface area contributed by atoms with E-state index in [9.17, 15) is 9.59 Å². The number of aryl methyl sites for hydroxylation is 1. The van der Waals surface area contributed by atoms with Crippen molar-refractivity contribution in [1.29, 1.82) is 0 Å². The van der Waals surface area contributed by atoms with Crippen LogP contribution in [0, 0.1) is 6.92 Å². The van der Waals surface area contributed by atoms with Crippen LogP contribution in [0.15, 0.2) is 11.0 Å². The first-order valence-electron chi connectivity index (χ1n) is 3.96. The summed E-state index contributed by atoms with van der Waals surface area (Å²) in [6.07, 6.45) is 1.31. The molecule has 5 heteroatoms. The van der Waals surface area contributed by atoms with Gasteiger partial charge in [0.25, 0.3) is 0 Å². The van der Waals surface area contributed by atoms with Gasteiger partial charge in [0.2, 0.25) is 5.43 Å². The smallest absolute Gasteiger partial charge is 0.343 e. The van der Waals surface area contributed by atoms with Gasteiger partial charge in [-0.25, -0.2) is 4.79 Å². The second kappa shape index (κ2) is 3.95. The minimum Gasteiger partial charge on any atom is -0.491 e. The predicted molar refractivity (Wildman–Crippen MR) is 49.7 cm³/mol. The van der Waals surface area contributed by atoms with Crippen LogP contribution < -0.4 is 10.2 Å². The molecular weight excluding hydrogens is 186 g/mol. The molecule has 0 aliphatic rings. The maximum atomic E-state index is 11.6. The molecular formula is C9H11NO4. The first kappa shape index (κ1) is 10.3. The lowest BCUT2D eigenvalue weighted by molar-refractivity contribution is 0.0598. The van der Waals surface area contributed by atoms with Crippen molar-refractivity contribution in [2.75, 3.05) is 14.2 Å². The average molecular weight is 197 g/mol. The molecule has 0 aliphatic carbocycles. The minimum absolute atomic E-state index is 0.0602. The van der Waals surface area contributed by atoms with E-state index in [1.54, 1.807) is 6.92 Å². The van der Waals surface area contributed by atoms with Gasteiger partial charge in [-0.1, -0.05) is 0 Å². The van der Waals surface area contributed by atoms with Crippen LogP contribution in [-0.2, 0) is 4.74 Å². The maximum Gasteiger partial charge on any atom is 0.343 e. The predicted octanol–water partition coefficient (Wildman–Crippen LogP) is 0.479. The normalized spacial score (nSPS) is 9.64. The number of carbonyl (C=O) groups excluding carboxylic acids is 1. The van der Waals surface area contributed by atoms with Crippen molar-refractivity contribution in [2.45, 2.75) is 6.92 Å². The summed E-state index contributed by atoms with van der Waals surface area (Å²) in [7, 11) is 2.59. The fraction of sp³-hybridized carbons (Fsp3) is 0.333. The fourth-order valence-corrected chi connectivity index (χ4v) is 1.11. The largest absolute Gasteiger partial charge is 0.491 e. The van der Waals surface area contributed by atoms with Crippen LogP contribution >= 0.6 is 0 Å². The summed E-state index contributed by atoms with van der Waals surface area (Å²) in [4.78, 5) is 25.4. The number of nitrogens with one attached hydrogen (secondary N) is 1. The second-order valence-electron chi connectivity index (χ2n) is 2.68. The molecule has 76 valence electrons. The monoisotopic (exact) mass is 197 g/mol. The zero-order chi connectivity index (χ0) is 10.7. The molecule has 1 rings (SSSR count). The van der Waals surface area contributed by atoms with E-state index in [1.165, 1.54) is 20.4 Å². The molecule has 0 fully saturated rings. The first-order valence-corrected chi connectivity index (χ1v) is 3.96. The number of ether oxygens (including phenoxy) is 2. The lowest BCUT2D eigenvalue weighted by Gasteiger charge is -2.05. The van der Waals surface area contributed by atoms with Crippen LogP contribution in [0.4, 0.5) is 0 Å². The average Bonchev–Trinajstić information content (AvgIpc) is 2.18. The number of carbonyl (C=O) groups is 1. The molecule has 1 aromatic rings. The van der Waals surface area contributed by atoms with Crippen LogP contribution in [0.1, 0.15) is 16.1 Å². The topological polar surface area (TPSA) is 68.4 Å². The van der Waals surface area contributed by atoms with Crippen molar-refractivity contribution in [1.82, 2.24) is 4.98 Å². The van der Waals surface area contributed by atoms with E-state index in [0.29, 0.717) is 5.69 Å². The number of hydrogen-bond donors (Lipinski definition) is 1. The fourth-order valence-electron chi connectivity index (χ4n) is 1.11. The second-order valence-corrected chi connectivity index (χ2v) is 2.68. The highest BCUT2D eigenvalue weighted by atomic mass is 16.5. The molecule has 14 heavy (non-hydrogen) atoms. The van der Waals surface area contributed by atoms with Gasteiger partial charge in [-0.15, -0.1) is 0 Å². The van der Waals surface area contributed by atoms with Crippen LogP contribution in [0.2, 0.25) is 0 Å². The van der Waals surface area contributed by atoms with Crippen molar-refractivity contribution in [3.8, 4) is 5.75 Å². The van der Waals surface area contributed by atoms with Crippen molar-refractivity contribution in [2.24, 2.45) is 0 Å². The van der Waals surface area contributed by atoms with Gasteiger partial charge in [0, 0.05) is 6.20 Å². The van der Waals surface area contributed by atoms with Crippen molar-refractivity contribution in [3.05, 3.63) is 27.7 Å². The highest BCUT2D eigenvalue weighted by molar-refractivity contribution is 5.89. The lowest BCUT2D eigenvalue weighted by atomic mass is 10.2. The number of pyridine rings is 1. The number of methoxy groups -OCH3 is 2.